The fourth-order valence-electron chi connectivity index (χ4n) is 4.85. The number of aryl methyl sites for hydroxylation is 3. The van der Waals surface area contributed by atoms with Crippen LogP contribution < -0.4 is 0 Å². The van der Waals surface area contributed by atoms with Crippen LogP contribution in [0.2, 0.25) is 0 Å². The minimum absolute atomic E-state index is 1.10. The normalized spacial score (nSPS) is 11.5. The smallest absolute Gasteiger partial charge is 0.0788 e. The van der Waals surface area contributed by atoms with Gasteiger partial charge in [0.2, 0.25) is 0 Å². The Bertz CT molecular complexity index is 1190. The molecule has 4 rings (SSSR count). The third kappa shape index (κ3) is 5.82. The van der Waals surface area contributed by atoms with E-state index in [1.165, 1.54) is 89.8 Å². The average Bonchev–Trinajstić information content (AvgIpc) is 2.84. The van der Waals surface area contributed by atoms with Gasteiger partial charge in [0.25, 0.3) is 0 Å². The van der Waals surface area contributed by atoms with E-state index >= 15 is 0 Å². The van der Waals surface area contributed by atoms with E-state index in [2.05, 4.69) is 81.4 Å². The highest BCUT2D eigenvalue weighted by Gasteiger charge is 2.12. The lowest BCUT2D eigenvalue weighted by Gasteiger charge is -2.13. The molecule has 0 saturated carbocycles. The lowest BCUT2D eigenvalue weighted by molar-refractivity contribution is 0.667. The maximum absolute atomic E-state index is 5.17. The molecule has 1 nitrogen and oxygen atoms in total. The molecule has 0 unspecified atom stereocenters. The predicted octanol–water partition coefficient (Wildman–Crippen LogP) is 9.61. The number of hydrogen-bond acceptors (Lipinski definition) is 1. The number of hydrogen-bond donors (Lipinski definition) is 0. The summed E-state index contributed by atoms with van der Waals surface area (Å²) in [4.78, 5) is 5.17. The molecule has 33 heavy (non-hydrogen) atoms. The number of fused-ring (bicyclic) bond motifs is 3. The fraction of sp³-hybridized carbons (Fsp3) is 0.406. The molecule has 0 amide bonds. The zero-order valence-electron chi connectivity index (χ0n) is 20.8. The molecule has 0 aliphatic rings. The Hall–Kier alpha value is -2.67. The van der Waals surface area contributed by atoms with Crippen molar-refractivity contribution in [2.45, 2.75) is 85.0 Å². The molecule has 0 aliphatic carbocycles. The van der Waals surface area contributed by atoms with E-state index in [4.69, 9.17) is 4.98 Å². The Morgan fingerprint density at radius 2 is 1.18 bits per heavy atom. The van der Waals surface area contributed by atoms with Crippen LogP contribution in [0.25, 0.3) is 32.9 Å². The standard InChI is InChI=1S/C32H39N/c1-4-6-8-10-12-25-16-20-28-29(22-25)30-23-26(13-11-9-7-5-2)17-21-31(30)33-32(28)27-18-14-24(3)15-19-27/h14-23H,4-13H2,1-3H3. The summed E-state index contributed by atoms with van der Waals surface area (Å²) in [6.45, 7) is 6.70. The SMILES string of the molecule is CCCCCCc1ccc2nc(-c3ccc(C)cc3)c3ccc(CCCCCC)cc3c2c1. The van der Waals surface area contributed by atoms with Gasteiger partial charge in [-0.15, -0.1) is 0 Å². The molecule has 172 valence electrons. The van der Waals surface area contributed by atoms with Crippen LogP contribution in [0.3, 0.4) is 0 Å². The van der Waals surface area contributed by atoms with Crippen molar-refractivity contribution in [2.24, 2.45) is 0 Å². The maximum atomic E-state index is 5.17. The van der Waals surface area contributed by atoms with E-state index < -0.39 is 0 Å². The van der Waals surface area contributed by atoms with Crippen LogP contribution in [0, 0.1) is 6.92 Å². The molecule has 1 heterocycles. The van der Waals surface area contributed by atoms with Gasteiger partial charge in [0.1, 0.15) is 0 Å². The third-order valence-corrected chi connectivity index (χ3v) is 6.89. The van der Waals surface area contributed by atoms with Crippen LogP contribution in [-0.2, 0) is 12.8 Å². The topological polar surface area (TPSA) is 12.9 Å². The van der Waals surface area contributed by atoms with Crippen LogP contribution in [0.15, 0.2) is 60.7 Å². The molecule has 0 saturated heterocycles. The molecule has 0 radical (unpaired) electrons. The summed E-state index contributed by atoms with van der Waals surface area (Å²) in [7, 11) is 0. The zero-order valence-corrected chi connectivity index (χ0v) is 20.8. The monoisotopic (exact) mass is 437 g/mol. The van der Waals surface area contributed by atoms with Gasteiger partial charge in [-0.05, 0) is 61.3 Å². The van der Waals surface area contributed by atoms with E-state index in [1.807, 2.05) is 0 Å². The molecule has 0 bridgehead atoms. The number of aromatic nitrogens is 1. The number of pyridine rings is 1. The first-order chi connectivity index (χ1) is 16.2. The Morgan fingerprint density at radius 3 is 1.82 bits per heavy atom. The first-order valence-corrected chi connectivity index (χ1v) is 13.1. The van der Waals surface area contributed by atoms with E-state index in [0.717, 1.165) is 24.1 Å². The second-order valence-corrected chi connectivity index (χ2v) is 9.68. The van der Waals surface area contributed by atoms with Gasteiger partial charge in [-0.25, -0.2) is 4.98 Å². The Labute approximate surface area is 200 Å². The van der Waals surface area contributed by atoms with Gasteiger partial charge in [-0.3, -0.25) is 0 Å². The molecule has 0 fully saturated rings. The van der Waals surface area contributed by atoms with Crippen LogP contribution in [-0.4, -0.2) is 4.98 Å². The molecule has 0 atom stereocenters. The van der Waals surface area contributed by atoms with Gasteiger partial charge in [-0.2, -0.15) is 0 Å². The molecule has 0 spiro atoms. The maximum Gasteiger partial charge on any atom is 0.0788 e. The van der Waals surface area contributed by atoms with Gasteiger partial charge in [0.05, 0.1) is 11.2 Å². The molecule has 1 heteroatoms. The first kappa shape index (κ1) is 23.5. The Balaban J connectivity index is 1.77. The van der Waals surface area contributed by atoms with E-state index in [-0.39, 0.29) is 0 Å². The van der Waals surface area contributed by atoms with Gasteiger partial charge >= 0.3 is 0 Å². The highest BCUT2D eigenvalue weighted by Crippen LogP contribution is 2.34. The summed E-state index contributed by atoms with van der Waals surface area (Å²) in [5, 5.41) is 3.94. The lowest BCUT2D eigenvalue weighted by atomic mass is 9.95. The first-order valence-electron chi connectivity index (χ1n) is 13.1. The lowest BCUT2D eigenvalue weighted by Crippen LogP contribution is -1.94. The van der Waals surface area contributed by atoms with Crippen molar-refractivity contribution in [1.82, 2.24) is 4.98 Å². The van der Waals surface area contributed by atoms with Crippen molar-refractivity contribution in [3.05, 3.63) is 77.4 Å². The summed E-state index contributed by atoms with van der Waals surface area (Å²) >= 11 is 0. The van der Waals surface area contributed by atoms with Crippen molar-refractivity contribution in [1.29, 1.82) is 0 Å². The van der Waals surface area contributed by atoms with E-state index in [9.17, 15) is 0 Å². The third-order valence-electron chi connectivity index (χ3n) is 6.89. The largest absolute Gasteiger partial charge is 0.247 e. The fourth-order valence-corrected chi connectivity index (χ4v) is 4.85. The zero-order chi connectivity index (χ0) is 23.0. The van der Waals surface area contributed by atoms with Crippen molar-refractivity contribution in [2.75, 3.05) is 0 Å². The van der Waals surface area contributed by atoms with Gasteiger partial charge in [0.15, 0.2) is 0 Å². The summed E-state index contributed by atoms with van der Waals surface area (Å²) in [5.41, 5.74) is 7.59. The summed E-state index contributed by atoms with van der Waals surface area (Å²) in [6.07, 6.45) is 12.8. The highest BCUT2D eigenvalue weighted by atomic mass is 14.7. The van der Waals surface area contributed by atoms with Crippen LogP contribution >= 0.6 is 0 Å². The molecule has 0 aliphatic heterocycles. The van der Waals surface area contributed by atoms with E-state index in [1.54, 1.807) is 0 Å². The molecular formula is C32H39N. The Morgan fingerprint density at radius 1 is 0.576 bits per heavy atom. The molecule has 4 aromatic rings. The number of nitrogens with zero attached hydrogens (tertiary/aromatic N) is 1. The quantitative estimate of drug-likeness (QED) is 0.168. The van der Waals surface area contributed by atoms with Crippen molar-refractivity contribution >= 4 is 21.7 Å². The highest BCUT2D eigenvalue weighted by molar-refractivity contribution is 6.11. The second-order valence-electron chi connectivity index (χ2n) is 9.68. The van der Waals surface area contributed by atoms with Gasteiger partial charge in [0, 0.05) is 16.3 Å². The molecule has 1 aromatic heterocycles. The Kier molecular flexibility index (Phi) is 8.15. The summed E-state index contributed by atoms with van der Waals surface area (Å²) in [6, 6.07) is 22.8. The molecular weight excluding hydrogens is 398 g/mol. The second kappa shape index (κ2) is 11.5. The summed E-state index contributed by atoms with van der Waals surface area (Å²) < 4.78 is 0. The predicted molar refractivity (Wildman–Crippen MR) is 145 cm³/mol. The van der Waals surface area contributed by atoms with Crippen molar-refractivity contribution in [3.8, 4) is 11.3 Å². The number of unbranched alkanes of at least 4 members (excludes halogenated alkanes) is 6. The van der Waals surface area contributed by atoms with Crippen LogP contribution in [0.1, 0.15) is 81.9 Å². The van der Waals surface area contributed by atoms with Gasteiger partial charge < -0.3 is 0 Å². The molecule has 0 N–H and O–H groups in total. The molecule has 3 aromatic carbocycles. The van der Waals surface area contributed by atoms with Crippen LogP contribution in [0.5, 0.6) is 0 Å². The van der Waals surface area contributed by atoms with Crippen molar-refractivity contribution < 1.29 is 0 Å². The minimum Gasteiger partial charge on any atom is -0.247 e. The average molecular weight is 438 g/mol. The summed E-state index contributed by atoms with van der Waals surface area (Å²) in [5.74, 6) is 0. The van der Waals surface area contributed by atoms with Crippen LogP contribution in [0.4, 0.5) is 0 Å². The van der Waals surface area contributed by atoms with E-state index in [0.29, 0.717) is 0 Å². The number of rotatable bonds is 11. The minimum atomic E-state index is 1.10. The number of benzene rings is 3. The van der Waals surface area contributed by atoms with Gasteiger partial charge in [-0.1, -0.05) is 106 Å². The van der Waals surface area contributed by atoms with Crippen molar-refractivity contribution in [3.63, 3.8) is 0 Å².